The fourth-order valence-corrected chi connectivity index (χ4v) is 2.73. The van der Waals surface area contributed by atoms with Crippen LogP contribution in [0.4, 0.5) is 5.69 Å². The summed E-state index contributed by atoms with van der Waals surface area (Å²) in [7, 11) is 0. The normalized spacial score (nSPS) is 15.6. The molecule has 0 unspecified atom stereocenters. The molecule has 2 heterocycles. The van der Waals surface area contributed by atoms with Crippen LogP contribution in [-0.4, -0.2) is 28.5 Å². The second-order valence-corrected chi connectivity index (χ2v) is 5.23. The number of aromatic amines is 1. The number of hydrogen-bond donors (Lipinski definition) is 1. The Morgan fingerprint density at radius 2 is 1.77 bits per heavy atom. The van der Waals surface area contributed by atoms with Crippen LogP contribution in [0.1, 0.15) is 24.2 Å². The third-order valence-corrected chi connectivity index (χ3v) is 4.01. The number of hydrogen-bond acceptors (Lipinski definition) is 5. The van der Waals surface area contributed by atoms with E-state index in [9.17, 15) is 19.2 Å². The van der Waals surface area contributed by atoms with E-state index in [1.165, 1.54) is 38.2 Å². The molecule has 0 fully saturated rings. The molecule has 110 valence electrons. The van der Waals surface area contributed by atoms with Gasteiger partial charge in [-0.3, -0.25) is 24.2 Å². The Labute approximate surface area is 124 Å². The lowest BCUT2D eigenvalue weighted by atomic mass is 9.73. The van der Waals surface area contributed by atoms with Gasteiger partial charge >= 0.3 is 0 Å². The predicted molar refractivity (Wildman–Crippen MR) is 80.8 cm³/mol. The van der Waals surface area contributed by atoms with Crippen LogP contribution >= 0.6 is 0 Å². The summed E-state index contributed by atoms with van der Waals surface area (Å²) in [6.07, 6.45) is 2.55. The molecule has 0 saturated carbocycles. The smallest absolute Gasteiger partial charge is 0.191 e. The summed E-state index contributed by atoms with van der Waals surface area (Å²) in [5.74, 6) is -1.74. The highest BCUT2D eigenvalue weighted by molar-refractivity contribution is 6.40. The first-order chi connectivity index (χ1) is 10.4. The Balaban J connectivity index is 2.37. The first kappa shape index (κ1) is 14.1. The first-order valence-corrected chi connectivity index (χ1v) is 6.66. The van der Waals surface area contributed by atoms with E-state index in [4.69, 9.17) is 0 Å². The topological polar surface area (TPSA) is 96.4 Å². The van der Waals surface area contributed by atoms with Crippen LogP contribution in [0.3, 0.4) is 0 Å². The largest absolute Gasteiger partial charge is 0.359 e. The SMILES string of the molecule is CC(=O)C1(C(C)=O)C=Nc2c(ccc3c(=O)cc[nH]c23)C1=O. The summed E-state index contributed by atoms with van der Waals surface area (Å²) in [5, 5.41) is 0.393. The van der Waals surface area contributed by atoms with Gasteiger partial charge in [0, 0.05) is 29.4 Å². The van der Waals surface area contributed by atoms with Crippen LogP contribution < -0.4 is 5.43 Å². The maximum absolute atomic E-state index is 12.7. The summed E-state index contributed by atoms with van der Waals surface area (Å²) in [6.45, 7) is 2.39. The number of nitrogens with zero attached hydrogens (tertiary/aromatic N) is 1. The number of aromatic nitrogens is 1. The Hall–Kier alpha value is -2.89. The lowest BCUT2D eigenvalue weighted by Crippen LogP contribution is -2.47. The van der Waals surface area contributed by atoms with E-state index >= 15 is 0 Å². The number of fused-ring (bicyclic) bond motifs is 3. The number of carbonyl (C=O) groups excluding carboxylic acids is 3. The lowest BCUT2D eigenvalue weighted by Gasteiger charge is -2.26. The average molecular weight is 296 g/mol. The van der Waals surface area contributed by atoms with Gasteiger partial charge in [-0.1, -0.05) is 0 Å². The predicted octanol–water partition coefficient (Wildman–Crippen LogP) is 1.59. The third kappa shape index (κ3) is 1.64. The zero-order chi connectivity index (χ0) is 16.1. The van der Waals surface area contributed by atoms with E-state index < -0.39 is 22.8 Å². The molecule has 6 heteroatoms. The molecule has 1 aromatic heterocycles. The molecule has 6 nitrogen and oxygen atoms in total. The van der Waals surface area contributed by atoms with Crippen LogP contribution in [0.25, 0.3) is 10.9 Å². The molecular formula is C16H12N2O4. The van der Waals surface area contributed by atoms with Crippen LogP contribution in [0, 0.1) is 5.41 Å². The van der Waals surface area contributed by atoms with Crippen LogP contribution in [0.15, 0.2) is 34.2 Å². The molecule has 3 rings (SSSR count). The van der Waals surface area contributed by atoms with Crippen LogP contribution in [0.5, 0.6) is 0 Å². The number of aliphatic imine (C=N–C) groups is 1. The van der Waals surface area contributed by atoms with Crippen molar-refractivity contribution in [2.24, 2.45) is 10.4 Å². The highest BCUT2D eigenvalue weighted by Crippen LogP contribution is 2.37. The monoisotopic (exact) mass is 296 g/mol. The van der Waals surface area contributed by atoms with Gasteiger partial charge in [0.25, 0.3) is 0 Å². The third-order valence-electron chi connectivity index (χ3n) is 4.01. The van der Waals surface area contributed by atoms with Crippen molar-refractivity contribution in [3.63, 3.8) is 0 Å². The van der Waals surface area contributed by atoms with E-state index in [1.807, 2.05) is 0 Å². The second-order valence-electron chi connectivity index (χ2n) is 5.23. The molecule has 0 amide bonds. The fourth-order valence-electron chi connectivity index (χ4n) is 2.73. The van der Waals surface area contributed by atoms with Crippen molar-refractivity contribution in [2.45, 2.75) is 13.8 Å². The van der Waals surface area contributed by atoms with Gasteiger partial charge in [0.15, 0.2) is 28.2 Å². The molecule has 1 aliphatic rings. The highest BCUT2D eigenvalue weighted by Gasteiger charge is 2.49. The summed E-state index contributed by atoms with van der Waals surface area (Å²) >= 11 is 0. The molecule has 1 N–H and O–H groups in total. The average Bonchev–Trinajstić information content (AvgIpc) is 2.47. The van der Waals surface area contributed by atoms with Gasteiger partial charge in [0.1, 0.15) is 0 Å². The summed E-state index contributed by atoms with van der Waals surface area (Å²) < 4.78 is 0. The van der Waals surface area contributed by atoms with Gasteiger partial charge < -0.3 is 4.98 Å². The summed E-state index contributed by atoms with van der Waals surface area (Å²) in [4.78, 5) is 55.4. The zero-order valence-electron chi connectivity index (χ0n) is 12.0. The highest BCUT2D eigenvalue weighted by atomic mass is 16.2. The van der Waals surface area contributed by atoms with Crippen LogP contribution in [-0.2, 0) is 9.59 Å². The fraction of sp³-hybridized carbons (Fsp3) is 0.188. The van der Waals surface area contributed by atoms with Crippen molar-refractivity contribution in [3.05, 3.63) is 40.2 Å². The molecule has 0 bridgehead atoms. The van der Waals surface area contributed by atoms with Crippen LogP contribution in [0.2, 0.25) is 0 Å². The lowest BCUT2D eigenvalue weighted by molar-refractivity contribution is -0.131. The van der Waals surface area contributed by atoms with E-state index in [-0.39, 0.29) is 16.7 Å². The van der Waals surface area contributed by atoms with Gasteiger partial charge in [-0.05, 0) is 26.0 Å². The Kier molecular flexibility index (Phi) is 2.91. The van der Waals surface area contributed by atoms with Crippen molar-refractivity contribution >= 4 is 40.2 Å². The summed E-state index contributed by atoms with van der Waals surface area (Å²) in [5.41, 5.74) is -1.22. The van der Waals surface area contributed by atoms with Gasteiger partial charge in [-0.15, -0.1) is 0 Å². The summed E-state index contributed by atoms with van der Waals surface area (Å²) in [6, 6.07) is 4.31. The van der Waals surface area contributed by atoms with Gasteiger partial charge in [0.05, 0.1) is 11.2 Å². The van der Waals surface area contributed by atoms with Crippen molar-refractivity contribution < 1.29 is 14.4 Å². The number of nitrogens with one attached hydrogen (secondary N) is 1. The van der Waals surface area contributed by atoms with Crippen molar-refractivity contribution in [1.29, 1.82) is 0 Å². The molecule has 0 saturated heterocycles. The van der Waals surface area contributed by atoms with Gasteiger partial charge in [0.2, 0.25) is 0 Å². The number of pyridine rings is 1. The van der Waals surface area contributed by atoms with E-state index in [0.717, 1.165) is 6.21 Å². The number of rotatable bonds is 2. The minimum Gasteiger partial charge on any atom is -0.359 e. The van der Waals surface area contributed by atoms with Gasteiger partial charge in [-0.25, -0.2) is 0 Å². The second kappa shape index (κ2) is 4.56. The van der Waals surface area contributed by atoms with E-state index in [2.05, 4.69) is 9.98 Å². The molecule has 0 radical (unpaired) electrons. The van der Waals surface area contributed by atoms with E-state index in [1.54, 1.807) is 0 Å². The number of Topliss-reactive ketones (excluding diaryl/α,β-unsaturated/α-hetero) is 3. The number of ketones is 3. The quantitative estimate of drug-likeness (QED) is 0.851. The minimum absolute atomic E-state index is 0.155. The first-order valence-electron chi connectivity index (χ1n) is 6.66. The molecule has 0 atom stereocenters. The Morgan fingerprint density at radius 1 is 1.09 bits per heavy atom. The van der Waals surface area contributed by atoms with Crippen molar-refractivity contribution in [1.82, 2.24) is 4.98 Å². The molecular weight excluding hydrogens is 284 g/mol. The molecule has 22 heavy (non-hydrogen) atoms. The minimum atomic E-state index is -1.87. The number of H-pyrrole nitrogens is 1. The number of carbonyl (C=O) groups is 3. The molecule has 0 spiro atoms. The maximum atomic E-state index is 12.7. The maximum Gasteiger partial charge on any atom is 0.191 e. The molecule has 1 aromatic carbocycles. The number of benzene rings is 1. The standard InChI is InChI=1S/C16H12N2O4/c1-8(19)16(9(2)20)7-18-14-11(15(16)22)4-3-10-12(21)5-6-17-13(10)14/h3-7H,1-2H3,(H,17,21). The Bertz CT molecular complexity index is 923. The zero-order valence-corrected chi connectivity index (χ0v) is 12.0. The van der Waals surface area contributed by atoms with E-state index in [0.29, 0.717) is 10.9 Å². The van der Waals surface area contributed by atoms with Crippen molar-refractivity contribution in [2.75, 3.05) is 0 Å². The molecule has 1 aliphatic heterocycles. The van der Waals surface area contributed by atoms with Gasteiger partial charge in [-0.2, -0.15) is 0 Å². The molecule has 0 aliphatic carbocycles. The Morgan fingerprint density at radius 3 is 2.41 bits per heavy atom. The van der Waals surface area contributed by atoms with Crippen molar-refractivity contribution in [3.8, 4) is 0 Å². The molecule has 2 aromatic rings.